The molecule has 0 aliphatic carbocycles. The lowest BCUT2D eigenvalue weighted by Gasteiger charge is -2.34. The van der Waals surface area contributed by atoms with Gasteiger partial charge in [-0.25, -0.2) is 4.98 Å². The normalized spacial score (nSPS) is 13.4. The summed E-state index contributed by atoms with van der Waals surface area (Å²) in [6, 6.07) is 19.1. The molecule has 0 spiro atoms. The van der Waals surface area contributed by atoms with E-state index in [9.17, 15) is 4.79 Å². The van der Waals surface area contributed by atoms with Crippen molar-refractivity contribution in [1.82, 2.24) is 14.5 Å². The highest BCUT2D eigenvalue weighted by molar-refractivity contribution is 5.81. The van der Waals surface area contributed by atoms with Gasteiger partial charge >= 0.3 is 0 Å². The Balaban J connectivity index is 1.89. The Labute approximate surface area is 174 Å². The van der Waals surface area contributed by atoms with Gasteiger partial charge in [0.25, 0.3) is 0 Å². The van der Waals surface area contributed by atoms with Crippen LogP contribution in [0.2, 0.25) is 0 Å². The molecule has 3 aromatic rings. The molecular formula is C25H33N3O. The lowest BCUT2D eigenvalue weighted by molar-refractivity contribution is -0.136. The third-order valence-electron chi connectivity index (χ3n) is 5.93. The first kappa shape index (κ1) is 21.1. The van der Waals surface area contributed by atoms with Crippen LogP contribution in [0.3, 0.4) is 0 Å². The number of imidazole rings is 1. The quantitative estimate of drug-likeness (QED) is 0.500. The van der Waals surface area contributed by atoms with E-state index < -0.39 is 0 Å². The number of carbonyl (C=O) groups is 1. The minimum atomic E-state index is 0.179. The van der Waals surface area contributed by atoms with Gasteiger partial charge in [0.15, 0.2) is 0 Å². The molecule has 0 aliphatic heterocycles. The number of hydrogen-bond donors (Lipinski definition) is 0. The molecule has 29 heavy (non-hydrogen) atoms. The highest BCUT2D eigenvalue weighted by atomic mass is 16.2. The van der Waals surface area contributed by atoms with Crippen molar-refractivity contribution in [3.05, 3.63) is 66.0 Å². The van der Waals surface area contributed by atoms with Crippen LogP contribution in [0.25, 0.3) is 11.0 Å². The van der Waals surface area contributed by atoms with Gasteiger partial charge in [0.1, 0.15) is 12.4 Å². The van der Waals surface area contributed by atoms with E-state index in [1.54, 1.807) is 0 Å². The van der Waals surface area contributed by atoms with Crippen molar-refractivity contribution in [3.63, 3.8) is 0 Å². The molecule has 4 heteroatoms. The van der Waals surface area contributed by atoms with Gasteiger partial charge in [0.2, 0.25) is 5.91 Å². The molecule has 4 nitrogen and oxygen atoms in total. The van der Waals surface area contributed by atoms with Crippen molar-refractivity contribution in [2.75, 3.05) is 0 Å². The van der Waals surface area contributed by atoms with Crippen molar-refractivity contribution in [3.8, 4) is 0 Å². The van der Waals surface area contributed by atoms with E-state index in [1.807, 2.05) is 24.3 Å². The number of para-hydroxylation sites is 2. The number of hydrogen-bond acceptors (Lipinski definition) is 2. The van der Waals surface area contributed by atoms with Gasteiger partial charge in [-0.15, -0.1) is 0 Å². The van der Waals surface area contributed by atoms with Gasteiger partial charge in [-0.1, -0.05) is 56.3 Å². The van der Waals surface area contributed by atoms with Crippen LogP contribution in [0.5, 0.6) is 0 Å². The topological polar surface area (TPSA) is 38.1 Å². The Bertz CT molecular complexity index is 922. The van der Waals surface area contributed by atoms with Crippen molar-refractivity contribution in [1.29, 1.82) is 0 Å². The zero-order valence-corrected chi connectivity index (χ0v) is 18.1. The van der Waals surface area contributed by atoms with Gasteiger partial charge in [-0.2, -0.15) is 0 Å². The number of benzene rings is 2. The van der Waals surface area contributed by atoms with Crippen molar-refractivity contribution in [2.24, 2.45) is 0 Å². The van der Waals surface area contributed by atoms with Crippen LogP contribution < -0.4 is 0 Å². The van der Waals surface area contributed by atoms with Crippen molar-refractivity contribution >= 4 is 16.9 Å². The summed E-state index contributed by atoms with van der Waals surface area (Å²) in [4.78, 5) is 20.3. The Morgan fingerprint density at radius 3 is 2.21 bits per heavy atom. The Morgan fingerprint density at radius 1 is 0.931 bits per heavy atom. The fraction of sp³-hybridized carbons (Fsp3) is 0.440. The number of amides is 1. The molecule has 0 aliphatic rings. The molecule has 2 atom stereocenters. The third kappa shape index (κ3) is 4.87. The first-order valence-electron chi connectivity index (χ1n) is 10.8. The fourth-order valence-corrected chi connectivity index (χ4v) is 3.93. The van der Waals surface area contributed by atoms with E-state index in [1.165, 1.54) is 5.56 Å². The van der Waals surface area contributed by atoms with Crippen LogP contribution in [0.4, 0.5) is 0 Å². The second-order valence-electron chi connectivity index (χ2n) is 7.90. The van der Waals surface area contributed by atoms with Gasteiger partial charge in [0.05, 0.1) is 11.0 Å². The zero-order valence-electron chi connectivity index (χ0n) is 18.1. The summed E-state index contributed by atoms with van der Waals surface area (Å²) in [5, 5.41) is 0. The van der Waals surface area contributed by atoms with Gasteiger partial charge in [0, 0.05) is 18.5 Å². The Hall–Kier alpha value is -2.62. The van der Waals surface area contributed by atoms with Gasteiger partial charge < -0.3 is 9.47 Å². The maximum atomic E-state index is 13.4. The molecule has 3 rings (SSSR count). The summed E-state index contributed by atoms with van der Waals surface area (Å²) in [7, 11) is 0. The summed E-state index contributed by atoms with van der Waals surface area (Å²) in [6.07, 6.45) is 3.65. The van der Waals surface area contributed by atoms with Crippen molar-refractivity contribution < 1.29 is 4.79 Å². The average Bonchev–Trinajstić information content (AvgIpc) is 3.10. The molecule has 154 valence electrons. The summed E-state index contributed by atoms with van der Waals surface area (Å²) in [5.74, 6) is 1.16. The largest absolute Gasteiger partial charge is 0.336 e. The molecule has 1 amide bonds. The summed E-state index contributed by atoms with van der Waals surface area (Å²) in [6.45, 7) is 8.93. The molecule has 0 fully saturated rings. The fourth-order valence-electron chi connectivity index (χ4n) is 3.93. The molecule has 0 radical (unpaired) electrons. The van der Waals surface area contributed by atoms with Crippen LogP contribution in [-0.4, -0.2) is 32.4 Å². The van der Waals surface area contributed by atoms with E-state index in [-0.39, 0.29) is 18.0 Å². The first-order valence-corrected chi connectivity index (χ1v) is 10.8. The maximum absolute atomic E-state index is 13.4. The molecule has 0 saturated heterocycles. The minimum absolute atomic E-state index is 0.179. The van der Waals surface area contributed by atoms with Gasteiger partial charge in [-0.05, 0) is 50.8 Å². The summed E-state index contributed by atoms with van der Waals surface area (Å²) < 4.78 is 2.12. The highest BCUT2D eigenvalue weighted by Gasteiger charge is 2.25. The summed E-state index contributed by atoms with van der Waals surface area (Å²) >= 11 is 0. The SMILES string of the molecule is CCC(C)N(C(=O)Cn1c(CCc2ccccc2)nc2ccccc21)C(C)CC. The van der Waals surface area contributed by atoms with E-state index in [0.29, 0.717) is 6.54 Å². The zero-order chi connectivity index (χ0) is 20.8. The minimum Gasteiger partial charge on any atom is -0.336 e. The number of aromatic nitrogens is 2. The average molecular weight is 392 g/mol. The number of nitrogens with zero attached hydrogens (tertiary/aromatic N) is 3. The van der Waals surface area contributed by atoms with E-state index in [4.69, 9.17) is 4.98 Å². The van der Waals surface area contributed by atoms with Crippen LogP contribution in [-0.2, 0) is 24.2 Å². The molecule has 2 aromatic carbocycles. The predicted octanol–water partition coefficient (Wildman–Crippen LogP) is 5.25. The third-order valence-corrected chi connectivity index (χ3v) is 5.93. The van der Waals surface area contributed by atoms with E-state index >= 15 is 0 Å². The molecule has 0 bridgehead atoms. The maximum Gasteiger partial charge on any atom is 0.243 e. The van der Waals surface area contributed by atoms with Crippen molar-refractivity contribution in [2.45, 2.75) is 72.0 Å². The molecular weight excluding hydrogens is 358 g/mol. The monoisotopic (exact) mass is 391 g/mol. The molecule has 1 aromatic heterocycles. The number of aryl methyl sites for hydroxylation is 2. The summed E-state index contributed by atoms with van der Waals surface area (Å²) in [5.41, 5.74) is 3.29. The number of carbonyl (C=O) groups excluding carboxylic acids is 1. The van der Waals surface area contributed by atoms with E-state index in [2.05, 4.69) is 67.5 Å². The Kier molecular flexibility index (Phi) is 7.08. The number of rotatable bonds is 9. The standard InChI is InChI=1S/C25H33N3O/c1-5-19(3)28(20(4)6-2)25(29)18-27-23-15-11-10-14-22(23)26-24(27)17-16-21-12-8-7-9-13-21/h7-15,19-20H,5-6,16-18H2,1-4H3. The Morgan fingerprint density at radius 2 is 1.55 bits per heavy atom. The predicted molar refractivity (Wildman–Crippen MR) is 120 cm³/mol. The second-order valence-corrected chi connectivity index (χ2v) is 7.90. The van der Waals surface area contributed by atoms with E-state index in [0.717, 1.165) is 42.5 Å². The number of fused-ring (bicyclic) bond motifs is 1. The molecule has 1 heterocycles. The smallest absolute Gasteiger partial charge is 0.243 e. The lowest BCUT2D eigenvalue weighted by atomic mass is 10.1. The molecule has 2 unspecified atom stereocenters. The van der Waals surface area contributed by atoms with Crippen LogP contribution in [0.1, 0.15) is 51.9 Å². The first-order chi connectivity index (χ1) is 14.0. The lowest BCUT2D eigenvalue weighted by Crippen LogP contribution is -2.45. The van der Waals surface area contributed by atoms with Crippen LogP contribution >= 0.6 is 0 Å². The highest BCUT2D eigenvalue weighted by Crippen LogP contribution is 2.20. The van der Waals surface area contributed by atoms with Gasteiger partial charge in [-0.3, -0.25) is 4.79 Å². The molecule has 0 saturated carbocycles. The second kappa shape index (κ2) is 9.73. The van der Waals surface area contributed by atoms with Crippen LogP contribution in [0.15, 0.2) is 54.6 Å². The molecule has 0 N–H and O–H groups in total. The van der Waals surface area contributed by atoms with Crippen LogP contribution in [0, 0.1) is 0 Å².